The molecular formula is C14H14N2O6S. The van der Waals surface area contributed by atoms with Gasteiger partial charge in [-0.1, -0.05) is 0 Å². The number of benzene rings is 2. The van der Waals surface area contributed by atoms with Crippen LogP contribution in [0.15, 0.2) is 51.5 Å². The summed E-state index contributed by atoms with van der Waals surface area (Å²) >= 11 is 0. The van der Waals surface area contributed by atoms with Crippen molar-refractivity contribution >= 4 is 21.5 Å². The molecule has 0 fully saturated rings. The Balaban J connectivity index is 2.37. The van der Waals surface area contributed by atoms with Crippen LogP contribution >= 0.6 is 0 Å². The normalized spacial score (nSPS) is 11.6. The Morgan fingerprint density at radius 3 is 1.91 bits per heavy atom. The first kappa shape index (κ1) is 16.7. The van der Waals surface area contributed by atoms with Gasteiger partial charge in [0.05, 0.1) is 24.8 Å². The van der Waals surface area contributed by atoms with E-state index < -0.39 is 10.1 Å². The fraction of sp³-hybridized carbons (Fsp3) is 0.143. The smallest absolute Gasteiger partial charge is 0.294 e. The summed E-state index contributed by atoms with van der Waals surface area (Å²) < 4.78 is 41.1. The number of methoxy groups -OCH3 is 2. The third kappa shape index (κ3) is 3.96. The van der Waals surface area contributed by atoms with Gasteiger partial charge in [0, 0.05) is 12.1 Å². The van der Waals surface area contributed by atoms with Crippen molar-refractivity contribution < 1.29 is 27.6 Å². The number of phenolic OH excluding ortho intramolecular Hbond substituents is 1. The van der Waals surface area contributed by atoms with Gasteiger partial charge in [-0.25, -0.2) is 0 Å². The average molecular weight is 338 g/mol. The Morgan fingerprint density at radius 2 is 1.48 bits per heavy atom. The third-order valence-corrected chi connectivity index (χ3v) is 3.73. The molecule has 0 unspecified atom stereocenters. The maximum atomic E-state index is 11.0. The first-order chi connectivity index (χ1) is 10.8. The van der Waals surface area contributed by atoms with E-state index >= 15 is 0 Å². The van der Waals surface area contributed by atoms with Gasteiger partial charge in [0.1, 0.15) is 5.75 Å². The van der Waals surface area contributed by atoms with Gasteiger partial charge in [-0.3, -0.25) is 4.55 Å². The molecule has 8 nitrogen and oxygen atoms in total. The Bertz CT molecular complexity index is 806. The lowest BCUT2D eigenvalue weighted by atomic mass is 10.2. The number of nitrogens with zero attached hydrogens (tertiary/aromatic N) is 2. The van der Waals surface area contributed by atoms with Crippen LogP contribution in [0.2, 0.25) is 0 Å². The van der Waals surface area contributed by atoms with E-state index in [0.29, 0.717) is 5.69 Å². The first-order valence-electron chi connectivity index (χ1n) is 6.29. The van der Waals surface area contributed by atoms with E-state index in [2.05, 4.69) is 10.2 Å². The summed E-state index contributed by atoms with van der Waals surface area (Å²) in [4.78, 5) is -0.240. The van der Waals surface area contributed by atoms with E-state index in [1.165, 1.54) is 50.6 Å². The van der Waals surface area contributed by atoms with Crippen LogP contribution in [0.1, 0.15) is 0 Å². The second kappa shape index (κ2) is 6.63. The highest BCUT2D eigenvalue weighted by Gasteiger charge is 2.12. The molecule has 0 amide bonds. The molecule has 0 saturated heterocycles. The van der Waals surface area contributed by atoms with Gasteiger partial charge in [0.15, 0.2) is 17.2 Å². The zero-order valence-corrected chi connectivity index (χ0v) is 13.1. The number of aromatic hydroxyl groups is 1. The SMILES string of the molecule is COc1cc(O)cc(OC)c1N=Nc1ccc(S(=O)(=O)O)cc1. The van der Waals surface area contributed by atoms with Crippen LogP contribution in [0.5, 0.6) is 17.2 Å². The molecular weight excluding hydrogens is 324 g/mol. The van der Waals surface area contributed by atoms with Crippen molar-refractivity contribution in [2.75, 3.05) is 14.2 Å². The minimum atomic E-state index is -4.25. The minimum absolute atomic E-state index is 0.0462. The Kier molecular flexibility index (Phi) is 4.82. The van der Waals surface area contributed by atoms with Crippen LogP contribution in [0.4, 0.5) is 11.4 Å². The van der Waals surface area contributed by atoms with Gasteiger partial charge < -0.3 is 14.6 Å². The molecule has 0 aliphatic rings. The predicted octanol–water partition coefficient (Wildman–Crippen LogP) is 3.07. The monoisotopic (exact) mass is 338 g/mol. The van der Waals surface area contributed by atoms with Crippen molar-refractivity contribution in [1.29, 1.82) is 0 Å². The Hall–Kier alpha value is -2.65. The second-order valence-corrected chi connectivity index (χ2v) is 5.79. The van der Waals surface area contributed by atoms with E-state index in [4.69, 9.17) is 14.0 Å². The van der Waals surface area contributed by atoms with Gasteiger partial charge >= 0.3 is 0 Å². The van der Waals surface area contributed by atoms with Crippen LogP contribution in [0, 0.1) is 0 Å². The molecule has 0 saturated carbocycles. The van der Waals surface area contributed by atoms with E-state index in [9.17, 15) is 13.5 Å². The molecule has 0 atom stereocenters. The van der Waals surface area contributed by atoms with Crippen molar-refractivity contribution in [3.63, 3.8) is 0 Å². The quantitative estimate of drug-likeness (QED) is 0.639. The van der Waals surface area contributed by atoms with Crippen LogP contribution in [-0.2, 0) is 10.1 Å². The van der Waals surface area contributed by atoms with E-state index in [0.717, 1.165) is 0 Å². The van der Waals surface area contributed by atoms with Crippen LogP contribution < -0.4 is 9.47 Å². The summed E-state index contributed by atoms with van der Waals surface area (Å²) in [6, 6.07) is 7.89. The molecule has 0 bridgehead atoms. The number of rotatable bonds is 5. The molecule has 0 spiro atoms. The van der Waals surface area contributed by atoms with Crippen molar-refractivity contribution in [3.05, 3.63) is 36.4 Å². The zero-order chi connectivity index (χ0) is 17.0. The Morgan fingerprint density at radius 1 is 0.957 bits per heavy atom. The average Bonchev–Trinajstić information content (AvgIpc) is 2.52. The summed E-state index contributed by atoms with van der Waals surface area (Å²) in [5, 5.41) is 17.5. The van der Waals surface area contributed by atoms with Crippen LogP contribution in [0.25, 0.3) is 0 Å². The van der Waals surface area contributed by atoms with Crippen LogP contribution in [-0.4, -0.2) is 32.3 Å². The molecule has 9 heteroatoms. The third-order valence-electron chi connectivity index (χ3n) is 2.86. The van der Waals surface area contributed by atoms with Crippen molar-refractivity contribution in [2.24, 2.45) is 10.2 Å². The fourth-order valence-corrected chi connectivity index (χ4v) is 2.25. The number of hydrogen-bond acceptors (Lipinski definition) is 7. The molecule has 0 aliphatic heterocycles. The maximum Gasteiger partial charge on any atom is 0.294 e. The van der Waals surface area contributed by atoms with E-state index in [1.807, 2.05) is 0 Å². The topological polar surface area (TPSA) is 118 Å². The molecule has 0 radical (unpaired) electrons. The summed E-state index contributed by atoms with van der Waals surface area (Å²) in [5.74, 6) is 0.482. The molecule has 2 N–H and O–H groups in total. The highest BCUT2D eigenvalue weighted by molar-refractivity contribution is 7.85. The van der Waals surface area contributed by atoms with Gasteiger partial charge in [-0.05, 0) is 24.3 Å². The molecule has 23 heavy (non-hydrogen) atoms. The lowest BCUT2D eigenvalue weighted by molar-refractivity contribution is 0.387. The standard InChI is InChI=1S/C14H14N2O6S/c1-21-12-7-10(17)8-13(22-2)14(12)16-15-9-3-5-11(6-4-9)23(18,19)20/h3-8,17H,1-2H3,(H,18,19,20). The number of phenols is 1. The fourth-order valence-electron chi connectivity index (χ4n) is 1.77. The lowest BCUT2D eigenvalue weighted by Crippen LogP contribution is -1.96. The van der Waals surface area contributed by atoms with Gasteiger partial charge in [-0.2, -0.15) is 13.5 Å². The predicted molar refractivity (Wildman–Crippen MR) is 81.6 cm³/mol. The van der Waals surface area contributed by atoms with Crippen LogP contribution in [0.3, 0.4) is 0 Å². The highest BCUT2D eigenvalue weighted by atomic mass is 32.2. The minimum Gasteiger partial charge on any atom is -0.508 e. The molecule has 122 valence electrons. The Labute approximate surface area is 132 Å². The van der Waals surface area contributed by atoms with E-state index in [-0.39, 0.29) is 27.8 Å². The van der Waals surface area contributed by atoms with Gasteiger partial charge in [-0.15, -0.1) is 5.11 Å². The second-order valence-electron chi connectivity index (χ2n) is 4.37. The summed E-state index contributed by atoms with van der Waals surface area (Å²) in [6.45, 7) is 0. The largest absolute Gasteiger partial charge is 0.508 e. The molecule has 0 heterocycles. The zero-order valence-electron chi connectivity index (χ0n) is 12.3. The number of ether oxygens (including phenoxy) is 2. The maximum absolute atomic E-state index is 11.0. The van der Waals surface area contributed by atoms with E-state index in [1.54, 1.807) is 0 Å². The molecule has 2 aromatic rings. The molecule has 2 rings (SSSR count). The molecule has 0 aliphatic carbocycles. The molecule has 0 aromatic heterocycles. The first-order valence-corrected chi connectivity index (χ1v) is 7.73. The number of hydrogen-bond donors (Lipinski definition) is 2. The summed E-state index contributed by atoms with van der Waals surface area (Å²) in [6.07, 6.45) is 0. The lowest BCUT2D eigenvalue weighted by Gasteiger charge is -2.09. The number of azo groups is 1. The van der Waals surface area contributed by atoms with Gasteiger partial charge in [0.25, 0.3) is 10.1 Å². The van der Waals surface area contributed by atoms with Crippen molar-refractivity contribution in [3.8, 4) is 17.2 Å². The van der Waals surface area contributed by atoms with Crippen molar-refractivity contribution in [2.45, 2.75) is 4.90 Å². The highest BCUT2D eigenvalue weighted by Crippen LogP contribution is 2.41. The van der Waals surface area contributed by atoms with Gasteiger partial charge in [0.2, 0.25) is 0 Å². The molecule has 2 aromatic carbocycles. The summed E-state index contributed by atoms with van der Waals surface area (Å²) in [5.41, 5.74) is 0.626. The summed E-state index contributed by atoms with van der Waals surface area (Å²) in [7, 11) is -1.43. The van der Waals surface area contributed by atoms with Crippen molar-refractivity contribution in [1.82, 2.24) is 0 Å².